The summed E-state index contributed by atoms with van der Waals surface area (Å²) >= 11 is 0. The van der Waals surface area contributed by atoms with Gasteiger partial charge in [-0.2, -0.15) is 18.3 Å². The number of alkyl halides is 3. The third-order valence-electron chi connectivity index (χ3n) is 4.55. The van der Waals surface area contributed by atoms with Gasteiger partial charge in [0.15, 0.2) is 11.3 Å². The maximum absolute atomic E-state index is 13.4. The average molecular weight is 429 g/mol. The molecule has 4 aromatic rings. The molecular formula is C21H18F3N5O2. The van der Waals surface area contributed by atoms with Crippen molar-refractivity contribution in [1.82, 2.24) is 20.1 Å². The number of carbonyl (C=O) groups is 1. The summed E-state index contributed by atoms with van der Waals surface area (Å²) in [6.45, 7) is 1.72. The van der Waals surface area contributed by atoms with Crippen LogP contribution in [-0.4, -0.2) is 26.7 Å². The summed E-state index contributed by atoms with van der Waals surface area (Å²) < 4.78 is 47.0. The number of aromatic nitrogens is 3. The van der Waals surface area contributed by atoms with Gasteiger partial charge in [-0.1, -0.05) is 24.3 Å². The van der Waals surface area contributed by atoms with Crippen molar-refractivity contribution in [2.24, 2.45) is 5.73 Å². The standard InChI is InChI=1S/C21H18F3N5O2/c1-12(25)19(30)26-11-13-5-4-6-14(9-13)29-16(10-18(28-29)21(22,23)24)20-27-15-7-2-3-8-17(15)31-20/h2-10,12H,11,25H2,1H3,(H,26,30)/t12-/m0/s1. The largest absolute Gasteiger partial charge is 0.435 e. The van der Waals surface area contributed by atoms with Gasteiger partial charge >= 0.3 is 6.18 Å². The fourth-order valence-electron chi connectivity index (χ4n) is 3.00. The van der Waals surface area contributed by atoms with E-state index in [0.29, 0.717) is 22.4 Å². The van der Waals surface area contributed by atoms with E-state index in [-0.39, 0.29) is 24.0 Å². The minimum atomic E-state index is -4.64. The van der Waals surface area contributed by atoms with Gasteiger partial charge in [0, 0.05) is 12.6 Å². The normalized spacial score (nSPS) is 12.8. The number of oxazole rings is 1. The van der Waals surface area contributed by atoms with Gasteiger partial charge in [-0.3, -0.25) is 4.79 Å². The van der Waals surface area contributed by atoms with E-state index in [2.05, 4.69) is 15.4 Å². The lowest BCUT2D eigenvalue weighted by atomic mass is 10.2. The number of para-hydroxylation sites is 2. The summed E-state index contributed by atoms with van der Waals surface area (Å²) in [7, 11) is 0. The van der Waals surface area contributed by atoms with E-state index < -0.39 is 17.9 Å². The molecule has 0 unspecified atom stereocenters. The molecule has 1 atom stereocenters. The Kier molecular flexibility index (Phi) is 5.24. The summed E-state index contributed by atoms with van der Waals surface area (Å²) in [5.41, 5.74) is 6.51. The number of nitrogens with two attached hydrogens (primary N) is 1. The first kappa shape index (κ1) is 20.6. The molecule has 2 heterocycles. The van der Waals surface area contributed by atoms with Crippen LogP contribution in [0.5, 0.6) is 0 Å². The monoisotopic (exact) mass is 429 g/mol. The van der Waals surface area contributed by atoms with Crippen molar-refractivity contribution in [1.29, 1.82) is 0 Å². The van der Waals surface area contributed by atoms with Crippen molar-refractivity contribution in [3.63, 3.8) is 0 Å². The zero-order valence-electron chi connectivity index (χ0n) is 16.3. The second kappa shape index (κ2) is 7.88. The van der Waals surface area contributed by atoms with Crippen molar-refractivity contribution in [2.75, 3.05) is 0 Å². The van der Waals surface area contributed by atoms with Gasteiger partial charge in [0.2, 0.25) is 11.8 Å². The van der Waals surface area contributed by atoms with Gasteiger partial charge in [0.25, 0.3) is 0 Å². The number of fused-ring (bicyclic) bond motifs is 1. The lowest BCUT2D eigenvalue weighted by molar-refractivity contribution is -0.141. The van der Waals surface area contributed by atoms with Crippen LogP contribution in [0.15, 0.2) is 59.0 Å². The first-order valence-electron chi connectivity index (χ1n) is 9.38. The summed E-state index contributed by atoms with van der Waals surface area (Å²) in [6, 6.07) is 13.7. The van der Waals surface area contributed by atoms with Crippen LogP contribution in [-0.2, 0) is 17.5 Å². The van der Waals surface area contributed by atoms with Crippen LogP contribution in [0.2, 0.25) is 0 Å². The van der Waals surface area contributed by atoms with Crippen LogP contribution in [0, 0.1) is 0 Å². The van der Waals surface area contributed by atoms with E-state index in [1.807, 2.05) is 0 Å². The molecule has 4 rings (SSSR count). The summed E-state index contributed by atoms with van der Waals surface area (Å²) in [5.74, 6) is -0.323. The highest BCUT2D eigenvalue weighted by atomic mass is 19.4. The molecule has 2 aromatic carbocycles. The lowest BCUT2D eigenvalue weighted by Gasteiger charge is -2.10. The predicted molar refractivity (Wildman–Crippen MR) is 107 cm³/mol. The Morgan fingerprint density at radius 2 is 1.97 bits per heavy atom. The van der Waals surface area contributed by atoms with Crippen LogP contribution in [0.4, 0.5) is 13.2 Å². The average Bonchev–Trinajstić information content (AvgIpc) is 3.36. The van der Waals surface area contributed by atoms with Gasteiger partial charge < -0.3 is 15.5 Å². The van der Waals surface area contributed by atoms with Crippen molar-refractivity contribution in [3.8, 4) is 17.3 Å². The highest BCUT2D eigenvalue weighted by Crippen LogP contribution is 2.34. The number of nitrogens with one attached hydrogen (secondary N) is 1. The number of amides is 1. The highest BCUT2D eigenvalue weighted by Gasteiger charge is 2.36. The summed E-state index contributed by atoms with van der Waals surface area (Å²) in [4.78, 5) is 16.0. The number of rotatable bonds is 5. The van der Waals surface area contributed by atoms with Crippen molar-refractivity contribution < 1.29 is 22.4 Å². The third-order valence-corrected chi connectivity index (χ3v) is 4.55. The topological polar surface area (TPSA) is 99.0 Å². The molecule has 7 nitrogen and oxygen atoms in total. The zero-order chi connectivity index (χ0) is 22.2. The van der Waals surface area contributed by atoms with Crippen LogP contribution in [0.3, 0.4) is 0 Å². The molecule has 0 aliphatic carbocycles. The molecule has 2 aromatic heterocycles. The second-order valence-electron chi connectivity index (χ2n) is 6.99. The summed E-state index contributed by atoms with van der Waals surface area (Å²) in [6.07, 6.45) is -4.64. The molecule has 0 spiro atoms. The molecule has 1 amide bonds. The minimum absolute atomic E-state index is 0.0138. The SMILES string of the molecule is C[C@H](N)C(=O)NCc1cccc(-n2nc(C(F)(F)F)cc2-c2nc3ccccc3o2)c1. The van der Waals surface area contributed by atoms with E-state index in [9.17, 15) is 18.0 Å². The van der Waals surface area contributed by atoms with E-state index in [0.717, 1.165) is 10.7 Å². The van der Waals surface area contributed by atoms with Crippen LogP contribution in [0.25, 0.3) is 28.4 Å². The first-order valence-corrected chi connectivity index (χ1v) is 9.38. The Balaban J connectivity index is 1.76. The van der Waals surface area contributed by atoms with Gasteiger partial charge in [-0.15, -0.1) is 0 Å². The maximum atomic E-state index is 13.4. The Labute approximate surface area is 174 Å². The minimum Gasteiger partial charge on any atom is -0.435 e. The zero-order valence-corrected chi connectivity index (χ0v) is 16.3. The van der Waals surface area contributed by atoms with Crippen molar-refractivity contribution >= 4 is 17.0 Å². The van der Waals surface area contributed by atoms with Crippen molar-refractivity contribution in [2.45, 2.75) is 25.7 Å². The molecule has 31 heavy (non-hydrogen) atoms. The van der Waals surface area contributed by atoms with E-state index in [1.165, 1.54) is 0 Å². The third kappa shape index (κ3) is 4.29. The quantitative estimate of drug-likeness (QED) is 0.505. The molecule has 0 aliphatic heterocycles. The van der Waals surface area contributed by atoms with Crippen LogP contribution >= 0.6 is 0 Å². The molecular weight excluding hydrogens is 411 g/mol. The fraction of sp³-hybridized carbons (Fsp3) is 0.190. The van der Waals surface area contributed by atoms with E-state index >= 15 is 0 Å². The lowest BCUT2D eigenvalue weighted by Crippen LogP contribution is -2.37. The van der Waals surface area contributed by atoms with Gasteiger partial charge in [0.1, 0.15) is 11.2 Å². The smallest absolute Gasteiger partial charge is 0.435 e. The van der Waals surface area contributed by atoms with Crippen LogP contribution < -0.4 is 11.1 Å². The molecule has 0 aliphatic rings. The van der Waals surface area contributed by atoms with E-state index in [1.54, 1.807) is 55.5 Å². The first-order chi connectivity index (χ1) is 14.7. The molecule has 0 saturated heterocycles. The van der Waals surface area contributed by atoms with Gasteiger partial charge in [-0.25, -0.2) is 9.67 Å². The van der Waals surface area contributed by atoms with Gasteiger partial charge in [0.05, 0.1) is 11.7 Å². The second-order valence-corrected chi connectivity index (χ2v) is 6.99. The fourth-order valence-corrected chi connectivity index (χ4v) is 3.00. The Morgan fingerprint density at radius 3 is 2.68 bits per heavy atom. The molecule has 3 N–H and O–H groups in total. The number of hydrogen-bond acceptors (Lipinski definition) is 5. The Bertz CT molecular complexity index is 1210. The molecule has 0 radical (unpaired) electrons. The molecule has 0 fully saturated rings. The number of carbonyl (C=O) groups excluding carboxylic acids is 1. The Morgan fingerprint density at radius 1 is 1.19 bits per heavy atom. The Hall–Kier alpha value is -3.66. The molecule has 160 valence electrons. The molecule has 0 bridgehead atoms. The number of halogens is 3. The summed E-state index contributed by atoms with van der Waals surface area (Å²) in [5, 5.41) is 6.41. The number of benzene rings is 2. The molecule has 10 heteroatoms. The van der Waals surface area contributed by atoms with Crippen LogP contribution in [0.1, 0.15) is 18.2 Å². The number of hydrogen-bond donors (Lipinski definition) is 2. The highest BCUT2D eigenvalue weighted by molar-refractivity contribution is 5.81. The van der Waals surface area contributed by atoms with E-state index in [4.69, 9.17) is 10.2 Å². The number of nitrogens with zero attached hydrogens (tertiary/aromatic N) is 3. The molecule has 0 saturated carbocycles. The van der Waals surface area contributed by atoms with Gasteiger partial charge in [-0.05, 0) is 36.8 Å². The maximum Gasteiger partial charge on any atom is 0.435 e. The van der Waals surface area contributed by atoms with Crippen molar-refractivity contribution in [3.05, 3.63) is 65.9 Å². The predicted octanol–water partition coefficient (Wildman–Crippen LogP) is 3.66.